The Bertz CT molecular complexity index is 216. The standard InChI is InChI=1S/2C9H19B2O.CH4/c1-3-5-9(8-12-2)6-4-7-11-10;1-3-4-6-9(12-2)7-5-8-11-10;/h2*9H,3-8H2,1-2H3;1H4. The van der Waals surface area contributed by atoms with Gasteiger partial charge in [-0.25, -0.2) is 0 Å². The zero-order valence-electron chi connectivity index (χ0n) is 16.8. The second kappa shape index (κ2) is 26.4. The number of hydrogen-bond acceptors (Lipinski definition) is 2. The molecule has 6 heteroatoms. The first kappa shape index (κ1) is 29.9. The first-order valence-corrected chi connectivity index (χ1v) is 9.78. The summed E-state index contributed by atoms with van der Waals surface area (Å²) < 4.78 is 10.5. The van der Waals surface area contributed by atoms with Crippen LogP contribution in [0.15, 0.2) is 0 Å². The predicted molar refractivity (Wildman–Crippen MR) is 118 cm³/mol. The number of hydrogen-bond donors (Lipinski definition) is 0. The van der Waals surface area contributed by atoms with Crippen molar-refractivity contribution >= 4 is 29.8 Å². The normalized spacial score (nSPS) is 12.3. The minimum absolute atomic E-state index is 0. The van der Waals surface area contributed by atoms with Crippen molar-refractivity contribution in [1.82, 2.24) is 0 Å². The molecule has 0 aromatic carbocycles. The maximum absolute atomic E-state index is 5.34. The van der Waals surface area contributed by atoms with E-state index in [9.17, 15) is 0 Å². The van der Waals surface area contributed by atoms with Gasteiger partial charge in [-0.15, -0.1) is 0 Å². The van der Waals surface area contributed by atoms with Crippen molar-refractivity contribution in [3.63, 3.8) is 0 Å². The molecule has 25 heavy (non-hydrogen) atoms. The molecular formula is C19H42B4O2. The van der Waals surface area contributed by atoms with E-state index in [4.69, 9.17) is 24.9 Å². The van der Waals surface area contributed by atoms with E-state index in [1.54, 1.807) is 28.6 Å². The molecule has 0 aliphatic rings. The fourth-order valence-electron chi connectivity index (χ4n) is 2.75. The van der Waals surface area contributed by atoms with Gasteiger partial charge in [-0.2, -0.15) is 0 Å². The van der Waals surface area contributed by atoms with Crippen LogP contribution in [0.1, 0.15) is 79.1 Å². The number of ether oxygens (including phenoxy) is 2. The Balaban J connectivity index is -0.000000372. The zero-order chi connectivity index (χ0) is 18.5. The minimum atomic E-state index is 0. The van der Waals surface area contributed by atoms with Crippen LogP contribution >= 0.6 is 0 Å². The van der Waals surface area contributed by atoms with Crippen LogP contribution in [0.25, 0.3) is 0 Å². The van der Waals surface area contributed by atoms with E-state index in [0.29, 0.717) is 6.10 Å². The summed E-state index contributed by atoms with van der Waals surface area (Å²) in [6.07, 6.45) is 13.5. The Hall–Kier alpha value is 0.180. The lowest BCUT2D eigenvalue weighted by atomic mass is 9.53. The van der Waals surface area contributed by atoms with Gasteiger partial charge < -0.3 is 9.47 Å². The number of unbranched alkanes of at least 4 members (excludes halogenated alkanes) is 1. The highest BCUT2D eigenvalue weighted by Crippen LogP contribution is 2.14. The Kier molecular flexibility index (Phi) is 31.6. The molecule has 0 fully saturated rings. The van der Waals surface area contributed by atoms with Crippen molar-refractivity contribution in [3.05, 3.63) is 0 Å². The molecule has 0 saturated heterocycles. The van der Waals surface area contributed by atoms with Crippen molar-refractivity contribution in [2.45, 2.75) is 97.8 Å². The highest BCUT2D eigenvalue weighted by atomic mass is 16.5. The summed E-state index contributed by atoms with van der Waals surface area (Å²) in [7, 11) is 17.6. The molecule has 2 unspecified atom stereocenters. The Labute approximate surface area is 164 Å². The van der Waals surface area contributed by atoms with Crippen molar-refractivity contribution < 1.29 is 9.47 Å². The minimum Gasteiger partial charge on any atom is -0.384 e. The molecule has 0 aliphatic heterocycles. The molecule has 0 aromatic rings. The van der Waals surface area contributed by atoms with Crippen LogP contribution in [0.4, 0.5) is 0 Å². The topological polar surface area (TPSA) is 18.5 Å². The molecular weight excluding hydrogens is 303 g/mol. The molecule has 0 aromatic heterocycles. The van der Waals surface area contributed by atoms with E-state index in [1.807, 2.05) is 0 Å². The molecule has 0 heterocycles. The van der Waals surface area contributed by atoms with Gasteiger partial charge in [-0.05, 0) is 31.6 Å². The highest BCUT2D eigenvalue weighted by molar-refractivity contribution is 6.89. The summed E-state index contributed by atoms with van der Waals surface area (Å²) in [5, 5.41) is 0. The van der Waals surface area contributed by atoms with Crippen LogP contribution in [0.5, 0.6) is 0 Å². The van der Waals surface area contributed by atoms with Gasteiger partial charge in [-0.1, -0.05) is 66.0 Å². The lowest BCUT2D eigenvalue weighted by Crippen LogP contribution is -2.10. The van der Waals surface area contributed by atoms with Gasteiger partial charge in [-0.3, -0.25) is 0 Å². The Morgan fingerprint density at radius 3 is 1.80 bits per heavy atom. The second-order valence-corrected chi connectivity index (χ2v) is 6.44. The number of methoxy groups -OCH3 is 2. The fourth-order valence-corrected chi connectivity index (χ4v) is 2.75. The maximum Gasteiger partial charge on any atom is 0.0571 e. The van der Waals surface area contributed by atoms with Gasteiger partial charge in [0.1, 0.15) is 0 Å². The monoisotopic (exact) mass is 346 g/mol. The summed E-state index contributed by atoms with van der Waals surface area (Å²) in [4.78, 5) is 0. The van der Waals surface area contributed by atoms with Crippen LogP contribution in [0.2, 0.25) is 12.6 Å². The molecule has 0 spiro atoms. The van der Waals surface area contributed by atoms with Gasteiger partial charge in [0.2, 0.25) is 0 Å². The molecule has 0 N–H and O–H groups in total. The largest absolute Gasteiger partial charge is 0.384 e. The van der Waals surface area contributed by atoms with Crippen molar-refractivity contribution in [1.29, 1.82) is 0 Å². The molecule has 142 valence electrons. The first-order valence-electron chi connectivity index (χ1n) is 9.78. The van der Waals surface area contributed by atoms with E-state index in [1.165, 1.54) is 44.9 Å². The average molecular weight is 346 g/mol. The summed E-state index contributed by atoms with van der Waals surface area (Å²) in [6.45, 7) is 5.33. The lowest BCUT2D eigenvalue weighted by Gasteiger charge is -2.14. The summed E-state index contributed by atoms with van der Waals surface area (Å²) in [5.74, 6) is 0.736. The average Bonchev–Trinajstić information content (AvgIpc) is 2.59. The van der Waals surface area contributed by atoms with Gasteiger partial charge >= 0.3 is 0 Å². The molecule has 2 atom stereocenters. The molecule has 0 aliphatic carbocycles. The van der Waals surface area contributed by atoms with Crippen molar-refractivity contribution in [3.8, 4) is 0 Å². The third kappa shape index (κ3) is 24.2. The summed E-state index contributed by atoms with van der Waals surface area (Å²) in [5.41, 5.74) is 0. The third-order valence-corrected chi connectivity index (χ3v) is 4.19. The molecule has 0 amide bonds. The van der Waals surface area contributed by atoms with E-state index in [0.717, 1.165) is 38.0 Å². The molecule has 6 radical (unpaired) electrons. The smallest absolute Gasteiger partial charge is 0.0571 e. The maximum atomic E-state index is 5.34. The van der Waals surface area contributed by atoms with E-state index >= 15 is 0 Å². The van der Waals surface area contributed by atoms with Gasteiger partial charge in [0, 0.05) is 36.3 Å². The van der Waals surface area contributed by atoms with Gasteiger partial charge in [0.25, 0.3) is 0 Å². The SMILES string of the molecule is C.[B][B]CCCC(CCC)COC.[B][B]CCCC(CCCC)OC. The second-order valence-electron chi connectivity index (χ2n) is 6.44. The summed E-state index contributed by atoms with van der Waals surface area (Å²) >= 11 is 0. The predicted octanol–water partition coefficient (Wildman–Crippen LogP) is 4.85. The van der Waals surface area contributed by atoms with Crippen LogP contribution in [0.3, 0.4) is 0 Å². The van der Waals surface area contributed by atoms with Crippen LogP contribution in [-0.4, -0.2) is 56.7 Å². The number of rotatable bonds is 16. The summed E-state index contributed by atoms with van der Waals surface area (Å²) in [6, 6.07) is 0. The van der Waals surface area contributed by atoms with Crippen LogP contribution in [0, 0.1) is 5.92 Å². The quantitative estimate of drug-likeness (QED) is 0.294. The Morgan fingerprint density at radius 1 is 0.800 bits per heavy atom. The van der Waals surface area contributed by atoms with E-state index in [-0.39, 0.29) is 7.43 Å². The lowest BCUT2D eigenvalue weighted by molar-refractivity contribution is 0.0854. The first-order chi connectivity index (χ1) is 11.7. The van der Waals surface area contributed by atoms with E-state index < -0.39 is 0 Å². The van der Waals surface area contributed by atoms with Gasteiger partial charge in [0.15, 0.2) is 0 Å². The van der Waals surface area contributed by atoms with Crippen LogP contribution < -0.4 is 0 Å². The zero-order valence-corrected chi connectivity index (χ0v) is 16.8. The molecule has 0 rings (SSSR count). The van der Waals surface area contributed by atoms with Crippen molar-refractivity contribution in [2.75, 3.05) is 20.8 Å². The molecule has 2 nitrogen and oxygen atoms in total. The third-order valence-electron chi connectivity index (χ3n) is 4.19. The Morgan fingerprint density at radius 2 is 1.36 bits per heavy atom. The fraction of sp³-hybridized carbons (Fsp3) is 1.00. The molecule has 0 bridgehead atoms. The van der Waals surface area contributed by atoms with Crippen molar-refractivity contribution in [2.24, 2.45) is 5.92 Å². The van der Waals surface area contributed by atoms with E-state index in [2.05, 4.69) is 13.8 Å². The highest BCUT2D eigenvalue weighted by Gasteiger charge is 2.06. The van der Waals surface area contributed by atoms with Crippen LogP contribution in [-0.2, 0) is 9.47 Å². The van der Waals surface area contributed by atoms with Gasteiger partial charge in [0.05, 0.1) is 20.4 Å². The molecule has 0 saturated carbocycles.